The van der Waals surface area contributed by atoms with Gasteiger partial charge in [-0.1, -0.05) is 60.6 Å². The van der Waals surface area contributed by atoms with Crippen molar-refractivity contribution in [2.24, 2.45) is 0 Å². The highest BCUT2D eigenvalue weighted by molar-refractivity contribution is 6.30. The second-order valence-corrected chi connectivity index (χ2v) is 6.07. The van der Waals surface area contributed by atoms with E-state index in [2.05, 4.69) is 12.6 Å². The smallest absolute Gasteiger partial charge is 0.119 e. The first-order valence-electron chi connectivity index (χ1n) is 7.21. The summed E-state index contributed by atoms with van der Waals surface area (Å²) in [6.07, 6.45) is 1.39. The van der Waals surface area contributed by atoms with Gasteiger partial charge in [-0.05, 0) is 17.7 Å². The summed E-state index contributed by atoms with van der Waals surface area (Å²) in [6, 6.07) is 19.8. The molecule has 0 heterocycles. The van der Waals surface area contributed by atoms with Gasteiger partial charge in [0.05, 0.1) is 11.5 Å². The van der Waals surface area contributed by atoms with E-state index in [4.69, 9.17) is 16.3 Å². The highest BCUT2D eigenvalue weighted by Gasteiger charge is 2.47. The summed E-state index contributed by atoms with van der Waals surface area (Å²) >= 11 is 5.91. The summed E-state index contributed by atoms with van der Waals surface area (Å²) in [6.45, 7) is 3.98. The van der Waals surface area contributed by atoms with Crippen molar-refractivity contribution in [2.75, 3.05) is 0 Å². The molecule has 0 amide bonds. The van der Waals surface area contributed by atoms with Gasteiger partial charge in [-0.2, -0.15) is 5.26 Å². The van der Waals surface area contributed by atoms with Crippen molar-refractivity contribution in [3.8, 4) is 6.07 Å². The van der Waals surface area contributed by atoms with Crippen molar-refractivity contribution in [3.63, 3.8) is 0 Å². The van der Waals surface area contributed by atoms with Gasteiger partial charge in [0.25, 0.3) is 0 Å². The molecule has 1 aliphatic rings. The number of benzene rings is 2. The zero-order chi connectivity index (χ0) is 15.6. The zero-order valence-corrected chi connectivity index (χ0v) is 12.9. The van der Waals surface area contributed by atoms with Crippen LogP contribution in [0.2, 0.25) is 5.02 Å². The zero-order valence-electron chi connectivity index (χ0n) is 12.1. The van der Waals surface area contributed by atoms with Gasteiger partial charge < -0.3 is 4.74 Å². The van der Waals surface area contributed by atoms with Crippen molar-refractivity contribution >= 4 is 17.4 Å². The van der Waals surface area contributed by atoms with E-state index in [0.717, 1.165) is 11.1 Å². The van der Waals surface area contributed by atoms with Gasteiger partial charge in [-0.15, -0.1) is 0 Å². The van der Waals surface area contributed by atoms with E-state index < -0.39 is 5.41 Å². The van der Waals surface area contributed by atoms with E-state index >= 15 is 0 Å². The molecule has 0 aliphatic heterocycles. The fraction of sp³-hybridized carbons (Fsp3) is 0.211. The van der Waals surface area contributed by atoms with Crippen LogP contribution in [0, 0.1) is 11.3 Å². The largest absolute Gasteiger partial charge is 0.490 e. The molecule has 1 aliphatic carbocycles. The Morgan fingerprint density at radius 1 is 1.14 bits per heavy atom. The quantitative estimate of drug-likeness (QED) is 0.748. The molecule has 2 aromatic rings. The minimum atomic E-state index is -0.466. The molecule has 0 aromatic heterocycles. The van der Waals surface area contributed by atoms with Crippen molar-refractivity contribution in [2.45, 2.75) is 24.4 Å². The summed E-state index contributed by atoms with van der Waals surface area (Å²) in [4.78, 5) is 0. The molecule has 0 radical (unpaired) electrons. The minimum absolute atomic E-state index is 0.0306. The fourth-order valence-corrected chi connectivity index (χ4v) is 2.98. The molecule has 0 N–H and O–H groups in total. The third kappa shape index (κ3) is 2.73. The number of nitriles is 1. The van der Waals surface area contributed by atoms with Crippen LogP contribution in [0.1, 0.15) is 24.0 Å². The highest BCUT2D eigenvalue weighted by atomic mass is 35.5. The Bertz CT molecular complexity index is 709. The first kappa shape index (κ1) is 14.7. The molecule has 2 aromatic carbocycles. The van der Waals surface area contributed by atoms with Gasteiger partial charge in [0.15, 0.2) is 0 Å². The Kier molecular flexibility index (Phi) is 3.92. The van der Waals surface area contributed by atoms with E-state index in [9.17, 15) is 5.26 Å². The maximum absolute atomic E-state index is 9.57. The molecule has 2 nitrogen and oxygen atoms in total. The number of hydrogen-bond donors (Lipinski definition) is 0. The summed E-state index contributed by atoms with van der Waals surface area (Å²) in [5.74, 6) is 0.660. The number of hydrogen-bond acceptors (Lipinski definition) is 2. The van der Waals surface area contributed by atoms with Gasteiger partial charge in [0, 0.05) is 23.4 Å². The Labute approximate surface area is 135 Å². The van der Waals surface area contributed by atoms with Crippen LogP contribution in [0.3, 0.4) is 0 Å². The number of halogens is 1. The van der Waals surface area contributed by atoms with E-state index in [0.29, 0.717) is 23.6 Å². The second-order valence-electron chi connectivity index (χ2n) is 5.64. The average molecular weight is 310 g/mol. The molecule has 0 bridgehead atoms. The number of rotatable bonds is 4. The van der Waals surface area contributed by atoms with Crippen LogP contribution >= 0.6 is 11.6 Å². The molecule has 3 heteroatoms. The van der Waals surface area contributed by atoms with Gasteiger partial charge in [0.1, 0.15) is 11.9 Å². The molecule has 0 saturated heterocycles. The van der Waals surface area contributed by atoms with Crippen molar-refractivity contribution < 1.29 is 4.74 Å². The van der Waals surface area contributed by atoms with E-state index in [-0.39, 0.29) is 6.10 Å². The summed E-state index contributed by atoms with van der Waals surface area (Å²) in [5.41, 5.74) is 1.51. The summed E-state index contributed by atoms with van der Waals surface area (Å²) in [5, 5.41) is 10.2. The predicted molar refractivity (Wildman–Crippen MR) is 88.3 cm³/mol. The topological polar surface area (TPSA) is 33.0 Å². The molecule has 22 heavy (non-hydrogen) atoms. The van der Waals surface area contributed by atoms with E-state index in [1.165, 1.54) is 0 Å². The van der Waals surface area contributed by atoms with E-state index in [1.54, 1.807) is 0 Å². The standard InChI is InChI=1S/C19H16ClNO/c1-14(15-5-3-2-4-6-15)22-18-11-19(12-18,13-21)16-7-9-17(20)10-8-16/h2-10,18H,1,11-12H2. The Morgan fingerprint density at radius 3 is 2.36 bits per heavy atom. The highest BCUT2D eigenvalue weighted by Crippen LogP contribution is 2.46. The molecule has 110 valence electrons. The Morgan fingerprint density at radius 2 is 1.77 bits per heavy atom. The van der Waals surface area contributed by atoms with Crippen LogP contribution in [-0.2, 0) is 10.2 Å². The molecular formula is C19H16ClNO. The molecule has 3 rings (SSSR count). The Hall–Kier alpha value is -2.24. The van der Waals surface area contributed by atoms with Gasteiger partial charge in [-0.3, -0.25) is 0 Å². The van der Waals surface area contributed by atoms with Gasteiger partial charge in [0.2, 0.25) is 0 Å². The van der Waals surface area contributed by atoms with Crippen LogP contribution in [0.5, 0.6) is 0 Å². The average Bonchev–Trinajstić information content (AvgIpc) is 2.52. The molecular weight excluding hydrogens is 294 g/mol. The lowest BCUT2D eigenvalue weighted by Crippen LogP contribution is -2.44. The van der Waals surface area contributed by atoms with Crippen LogP contribution < -0.4 is 0 Å². The SMILES string of the molecule is C=C(OC1CC(C#N)(c2ccc(Cl)cc2)C1)c1ccccc1. The van der Waals surface area contributed by atoms with Crippen molar-refractivity contribution in [3.05, 3.63) is 77.3 Å². The third-order valence-corrected chi connectivity index (χ3v) is 4.42. The monoisotopic (exact) mass is 309 g/mol. The lowest BCUT2D eigenvalue weighted by molar-refractivity contribution is 0.0437. The predicted octanol–water partition coefficient (Wildman–Crippen LogP) is 4.95. The summed E-state index contributed by atoms with van der Waals surface area (Å²) < 4.78 is 5.90. The minimum Gasteiger partial charge on any atom is -0.490 e. The second kappa shape index (κ2) is 5.87. The maximum Gasteiger partial charge on any atom is 0.119 e. The normalized spacial score (nSPS) is 23.2. The van der Waals surface area contributed by atoms with Crippen LogP contribution in [0.15, 0.2) is 61.2 Å². The molecule has 1 fully saturated rings. The van der Waals surface area contributed by atoms with Gasteiger partial charge >= 0.3 is 0 Å². The van der Waals surface area contributed by atoms with Crippen molar-refractivity contribution in [1.29, 1.82) is 5.26 Å². The molecule has 1 saturated carbocycles. The molecule has 0 unspecified atom stereocenters. The van der Waals surface area contributed by atoms with Crippen molar-refractivity contribution in [1.82, 2.24) is 0 Å². The van der Waals surface area contributed by atoms with Crippen LogP contribution in [-0.4, -0.2) is 6.10 Å². The number of nitrogens with zero attached hydrogens (tertiary/aromatic N) is 1. The lowest BCUT2D eigenvalue weighted by Gasteiger charge is -2.43. The molecule has 0 spiro atoms. The first-order valence-corrected chi connectivity index (χ1v) is 7.59. The van der Waals surface area contributed by atoms with E-state index in [1.807, 2.05) is 54.6 Å². The lowest BCUT2D eigenvalue weighted by atomic mass is 9.63. The molecule has 0 atom stereocenters. The summed E-state index contributed by atoms with van der Waals surface area (Å²) in [7, 11) is 0. The third-order valence-electron chi connectivity index (χ3n) is 4.17. The maximum atomic E-state index is 9.57. The van der Waals surface area contributed by atoms with Gasteiger partial charge in [-0.25, -0.2) is 0 Å². The first-order chi connectivity index (χ1) is 10.6. The fourth-order valence-electron chi connectivity index (χ4n) is 2.85. The Balaban J connectivity index is 1.66. The van der Waals surface area contributed by atoms with Crippen LogP contribution in [0.25, 0.3) is 5.76 Å². The number of ether oxygens (including phenoxy) is 1. The van der Waals surface area contributed by atoms with Crippen LogP contribution in [0.4, 0.5) is 0 Å².